The molecule has 0 fully saturated rings. The molecule has 2 aromatic rings. The van der Waals surface area contributed by atoms with E-state index < -0.39 is 10.0 Å². The van der Waals surface area contributed by atoms with Gasteiger partial charge in [-0.3, -0.25) is 9.10 Å². The molecule has 0 aliphatic heterocycles. The fourth-order valence-corrected chi connectivity index (χ4v) is 4.69. The van der Waals surface area contributed by atoms with Crippen molar-refractivity contribution < 1.29 is 17.9 Å². The number of rotatable bonds is 11. The molecule has 0 aromatic heterocycles. The average Bonchev–Trinajstić information content (AvgIpc) is 2.69. The molecule has 0 radical (unpaired) electrons. The van der Waals surface area contributed by atoms with Gasteiger partial charge in [0.15, 0.2) is 0 Å². The maximum atomic E-state index is 12.2. The highest BCUT2D eigenvalue weighted by Gasteiger charge is 2.19. The molecule has 2 rings (SSSR count). The third-order valence-corrected chi connectivity index (χ3v) is 6.47. The summed E-state index contributed by atoms with van der Waals surface area (Å²) < 4.78 is 32.5. The highest BCUT2D eigenvalue weighted by molar-refractivity contribution is 14.1. The maximum Gasteiger partial charge on any atom is 0.232 e. The normalized spacial score (nSPS) is 11.2. The van der Waals surface area contributed by atoms with Crippen LogP contribution in [-0.4, -0.2) is 40.3 Å². The lowest BCUT2D eigenvalue weighted by Crippen LogP contribution is -2.33. The van der Waals surface area contributed by atoms with E-state index in [4.69, 9.17) is 4.74 Å². The van der Waals surface area contributed by atoms with Crippen molar-refractivity contribution in [3.8, 4) is 5.75 Å². The number of carbonyl (C=O) groups excluding carboxylic acids is 1. The van der Waals surface area contributed by atoms with E-state index in [-0.39, 0.29) is 18.9 Å². The first kappa shape index (κ1) is 24.5. The first-order valence-corrected chi connectivity index (χ1v) is 12.9. The molecule has 30 heavy (non-hydrogen) atoms. The van der Waals surface area contributed by atoms with E-state index in [0.29, 0.717) is 25.3 Å². The van der Waals surface area contributed by atoms with Crippen LogP contribution < -0.4 is 14.4 Å². The predicted molar refractivity (Wildman–Crippen MR) is 130 cm³/mol. The van der Waals surface area contributed by atoms with Crippen molar-refractivity contribution in [1.82, 2.24) is 5.32 Å². The van der Waals surface area contributed by atoms with Gasteiger partial charge in [-0.15, -0.1) is 0 Å². The molecule has 0 unspecified atom stereocenters. The highest BCUT2D eigenvalue weighted by Crippen LogP contribution is 2.24. The molecule has 0 saturated heterocycles. The molecule has 6 nitrogen and oxygen atoms in total. The van der Waals surface area contributed by atoms with E-state index in [0.717, 1.165) is 21.3 Å². The van der Waals surface area contributed by atoms with E-state index in [1.54, 1.807) is 0 Å². The van der Waals surface area contributed by atoms with Gasteiger partial charge in [-0.2, -0.15) is 0 Å². The number of hydrogen-bond acceptors (Lipinski definition) is 4. The van der Waals surface area contributed by atoms with Gasteiger partial charge in [0, 0.05) is 16.5 Å². The Kier molecular flexibility index (Phi) is 9.41. The summed E-state index contributed by atoms with van der Waals surface area (Å²) in [6.45, 7) is 5.03. The largest absolute Gasteiger partial charge is 0.492 e. The quantitative estimate of drug-likeness (QED) is 0.344. The van der Waals surface area contributed by atoms with Crippen molar-refractivity contribution in [2.75, 3.05) is 30.3 Å². The summed E-state index contributed by atoms with van der Waals surface area (Å²) in [4.78, 5) is 12.1. The summed E-state index contributed by atoms with van der Waals surface area (Å²) in [5, 5.41) is 2.81. The van der Waals surface area contributed by atoms with Crippen LogP contribution >= 0.6 is 22.6 Å². The van der Waals surface area contributed by atoms with Gasteiger partial charge in [-0.25, -0.2) is 8.42 Å². The minimum Gasteiger partial charge on any atom is -0.492 e. The van der Waals surface area contributed by atoms with Crippen molar-refractivity contribution in [1.29, 1.82) is 0 Å². The Morgan fingerprint density at radius 1 is 1.17 bits per heavy atom. The monoisotopic (exact) mass is 544 g/mol. The Balaban J connectivity index is 1.77. The van der Waals surface area contributed by atoms with Gasteiger partial charge in [0.1, 0.15) is 12.4 Å². The molecular formula is C22H29IN2O4S. The van der Waals surface area contributed by atoms with Gasteiger partial charge in [0.05, 0.1) is 18.5 Å². The predicted octanol–water partition coefficient (Wildman–Crippen LogP) is 3.90. The molecule has 0 saturated carbocycles. The minimum atomic E-state index is -3.43. The Morgan fingerprint density at radius 2 is 1.87 bits per heavy atom. The lowest BCUT2D eigenvalue weighted by Gasteiger charge is -2.24. The zero-order valence-corrected chi connectivity index (χ0v) is 20.6. The van der Waals surface area contributed by atoms with Crippen molar-refractivity contribution in [2.24, 2.45) is 0 Å². The summed E-state index contributed by atoms with van der Waals surface area (Å²) in [5.74, 6) is 0.658. The van der Waals surface area contributed by atoms with Crippen LogP contribution in [0.1, 0.15) is 30.9 Å². The van der Waals surface area contributed by atoms with Gasteiger partial charge in [-0.1, -0.05) is 19.1 Å². The number of aryl methyl sites for hydroxylation is 2. The van der Waals surface area contributed by atoms with Crippen LogP contribution in [0.25, 0.3) is 0 Å². The molecule has 0 atom stereocenters. The Labute approximate surface area is 193 Å². The average molecular weight is 544 g/mol. The van der Waals surface area contributed by atoms with E-state index in [9.17, 15) is 13.2 Å². The molecule has 1 N–H and O–H groups in total. The molecule has 0 spiro atoms. The number of halogens is 1. The van der Waals surface area contributed by atoms with E-state index in [2.05, 4.69) is 34.8 Å². The number of ether oxygens (including phenoxy) is 1. The minimum absolute atomic E-state index is 0.118. The van der Waals surface area contributed by atoms with Crippen LogP contribution in [0.15, 0.2) is 42.5 Å². The van der Waals surface area contributed by atoms with Crippen molar-refractivity contribution in [3.05, 3.63) is 57.2 Å². The number of anilines is 1. The highest BCUT2D eigenvalue weighted by atomic mass is 127. The molecule has 0 bridgehead atoms. The smallest absolute Gasteiger partial charge is 0.232 e. The van der Waals surface area contributed by atoms with Crippen LogP contribution in [0.2, 0.25) is 0 Å². The molecule has 2 aromatic carbocycles. The number of carbonyl (C=O) groups is 1. The zero-order valence-electron chi connectivity index (χ0n) is 17.7. The van der Waals surface area contributed by atoms with Crippen LogP contribution in [0, 0.1) is 10.5 Å². The van der Waals surface area contributed by atoms with Crippen molar-refractivity contribution in [2.45, 2.75) is 33.1 Å². The second-order valence-electron chi connectivity index (χ2n) is 7.07. The first-order valence-electron chi connectivity index (χ1n) is 9.93. The van der Waals surface area contributed by atoms with E-state index >= 15 is 0 Å². The van der Waals surface area contributed by atoms with Gasteiger partial charge in [-0.05, 0) is 83.8 Å². The summed E-state index contributed by atoms with van der Waals surface area (Å²) in [7, 11) is -3.43. The summed E-state index contributed by atoms with van der Waals surface area (Å²) >= 11 is 2.20. The fraction of sp³-hybridized carbons (Fsp3) is 0.409. The molecule has 0 aliphatic carbocycles. The second kappa shape index (κ2) is 11.5. The SMILES string of the molecule is CCc1ccc(OCCNC(=O)CCCN(c2ccc(I)cc2C)S(C)(=O)=O)cc1. The number of sulfonamides is 1. The third-order valence-electron chi connectivity index (χ3n) is 4.62. The number of benzene rings is 2. The summed E-state index contributed by atoms with van der Waals surface area (Å²) in [6.07, 6.45) is 2.86. The Bertz CT molecular complexity index is 946. The van der Waals surface area contributed by atoms with E-state index in [1.165, 1.54) is 16.1 Å². The molecule has 1 amide bonds. The van der Waals surface area contributed by atoms with E-state index in [1.807, 2.05) is 49.4 Å². The topological polar surface area (TPSA) is 75.7 Å². The van der Waals surface area contributed by atoms with Crippen LogP contribution in [-0.2, 0) is 21.2 Å². The number of nitrogens with one attached hydrogen (secondary N) is 1. The Morgan fingerprint density at radius 3 is 2.47 bits per heavy atom. The van der Waals surface area contributed by atoms with Gasteiger partial charge in [0.2, 0.25) is 15.9 Å². The van der Waals surface area contributed by atoms with Crippen LogP contribution in [0.4, 0.5) is 5.69 Å². The lowest BCUT2D eigenvalue weighted by molar-refractivity contribution is -0.121. The maximum absolute atomic E-state index is 12.2. The fourth-order valence-electron chi connectivity index (χ4n) is 3.02. The first-order chi connectivity index (χ1) is 14.2. The number of amides is 1. The number of nitrogens with zero attached hydrogens (tertiary/aromatic N) is 1. The molecule has 0 aliphatic rings. The standard InChI is InChI=1S/C22H29IN2O4S/c1-4-18-7-10-20(11-8-18)29-15-13-24-22(26)6-5-14-25(30(3,27)28)21-12-9-19(23)16-17(21)2/h7-12,16H,4-6,13-15H2,1-3H3,(H,24,26). The zero-order chi connectivity index (χ0) is 22.1. The van der Waals surface area contributed by atoms with Crippen molar-refractivity contribution in [3.63, 3.8) is 0 Å². The van der Waals surface area contributed by atoms with Gasteiger partial charge in [0.25, 0.3) is 0 Å². The van der Waals surface area contributed by atoms with Gasteiger partial charge < -0.3 is 10.1 Å². The molecule has 8 heteroatoms. The molecular weight excluding hydrogens is 515 g/mol. The van der Waals surface area contributed by atoms with Gasteiger partial charge >= 0.3 is 0 Å². The van der Waals surface area contributed by atoms with Crippen molar-refractivity contribution >= 4 is 44.2 Å². The van der Waals surface area contributed by atoms with Crippen LogP contribution in [0.5, 0.6) is 5.75 Å². The third kappa shape index (κ3) is 7.79. The molecule has 164 valence electrons. The second-order valence-corrected chi connectivity index (χ2v) is 10.2. The lowest BCUT2D eigenvalue weighted by atomic mass is 10.2. The summed E-state index contributed by atoms with van der Waals surface area (Å²) in [6, 6.07) is 13.5. The van der Waals surface area contributed by atoms with Crippen LogP contribution in [0.3, 0.4) is 0 Å². The summed E-state index contributed by atoms with van der Waals surface area (Å²) in [5.41, 5.74) is 2.79. The Hall–Kier alpha value is -1.81. The number of hydrogen-bond donors (Lipinski definition) is 1. The molecule has 0 heterocycles.